The molecule has 0 unspecified atom stereocenters. The molecule has 0 aliphatic heterocycles. The van der Waals surface area contributed by atoms with Crippen LogP contribution in [0.4, 0.5) is 11.4 Å². The Morgan fingerprint density at radius 3 is 2.10 bits per heavy atom. The summed E-state index contributed by atoms with van der Waals surface area (Å²) in [6.07, 6.45) is 0. The monoisotopic (exact) mass is 410 g/mol. The zero-order valence-corrected chi connectivity index (χ0v) is 16.6. The number of carbonyl (C=O) groups is 1. The van der Waals surface area contributed by atoms with Crippen molar-refractivity contribution in [3.05, 3.63) is 99.6 Å². The third kappa shape index (κ3) is 3.88. The minimum Gasteiger partial charge on any atom is -0.268 e. The van der Waals surface area contributed by atoms with Crippen molar-refractivity contribution < 1.29 is 18.1 Å². The van der Waals surface area contributed by atoms with Gasteiger partial charge in [0.2, 0.25) is 0 Å². The highest BCUT2D eigenvalue weighted by Crippen LogP contribution is 2.29. The second-order valence-electron chi connectivity index (χ2n) is 6.43. The van der Waals surface area contributed by atoms with E-state index in [1.165, 1.54) is 49.4 Å². The molecule has 3 aromatic rings. The van der Waals surface area contributed by atoms with Crippen LogP contribution in [0.3, 0.4) is 0 Å². The maximum atomic E-state index is 13.4. The molecule has 0 aliphatic rings. The second kappa shape index (κ2) is 7.84. The summed E-state index contributed by atoms with van der Waals surface area (Å²) < 4.78 is 27.4. The van der Waals surface area contributed by atoms with Crippen molar-refractivity contribution in [2.24, 2.45) is 0 Å². The van der Waals surface area contributed by atoms with E-state index in [9.17, 15) is 23.3 Å². The number of nitro groups is 1. The molecule has 1 amide bonds. The number of sulfonamides is 1. The molecule has 7 nitrogen and oxygen atoms in total. The molecule has 29 heavy (non-hydrogen) atoms. The molecule has 0 aromatic heterocycles. The number of nitro benzene ring substituents is 1. The molecule has 0 atom stereocenters. The quantitative estimate of drug-likeness (QED) is 0.463. The van der Waals surface area contributed by atoms with Gasteiger partial charge < -0.3 is 0 Å². The summed E-state index contributed by atoms with van der Waals surface area (Å²) in [5, 5.41) is 11.3. The smallest absolute Gasteiger partial charge is 0.268 e. The van der Waals surface area contributed by atoms with Gasteiger partial charge in [0.25, 0.3) is 21.6 Å². The maximum Gasteiger partial charge on any atom is 0.273 e. The summed E-state index contributed by atoms with van der Waals surface area (Å²) in [6.45, 7) is 3.26. The molecule has 0 radical (unpaired) electrons. The van der Waals surface area contributed by atoms with E-state index in [0.717, 1.165) is 5.56 Å². The lowest BCUT2D eigenvalue weighted by molar-refractivity contribution is -0.385. The Bertz CT molecular complexity index is 1170. The van der Waals surface area contributed by atoms with E-state index < -0.39 is 20.9 Å². The molecular weight excluding hydrogens is 392 g/mol. The van der Waals surface area contributed by atoms with Crippen LogP contribution in [-0.2, 0) is 10.0 Å². The number of anilines is 1. The Labute approximate surface area is 168 Å². The Hall–Kier alpha value is -3.52. The summed E-state index contributed by atoms with van der Waals surface area (Å²) >= 11 is 0. The molecule has 0 saturated carbocycles. The van der Waals surface area contributed by atoms with Gasteiger partial charge in [-0.1, -0.05) is 42.0 Å². The topological polar surface area (TPSA) is 97.6 Å². The van der Waals surface area contributed by atoms with Gasteiger partial charge in [-0.3, -0.25) is 14.9 Å². The molecule has 3 aromatic carbocycles. The highest BCUT2D eigenvalue weighted by atomic mass is 32.2. The Morgan fingerprint density at radius 2 is 1.52 bits per heavy atom. The number of aryl methyl sites for hydroxylation is 1. The fourth-order valence-corrected chi connectivity index (χ4v) is 4.33. The van der Waals surface area contributed by atoms with Gasteiger partial charge in [0.15, 0.2) is 0 Å². The van der Waals surface area contributed by atoms with Gasteiger partial charge in [-0.15, -0.1) is 0 Å². The standard InChI is InChI=1S/C21H18N2O5S/c1-15-11-13-17(14-12-15)22(29(27,28)18-7-4-3-5-8-18)21(24)19-9-6-10-20(16(19)2)23(25)26/h3-14H,1-2H3. The Balaban J connectivity index is 2.22. The predicted octanol–water partition coefficient (Wildman–Crippen LogP) is 4.25. The molecule has 148 valence electrons. The fraction of sp³-hybridized carbons (Fsp3) is 0.0952. The van der Waals surface area contributed by atoms with Gasteiger partial charge in [-0.2, -0.15) is 4.31 Å². The first kappa shape index (κ1) is 20.2. The normalized spacial score (nSPS) is 11.1. The highest BCUT2D eigenvalue weighted by Gasteiger charge is 2.33. The van der Waals surface area contributed by atoms with Gasteiger partial charge in [-0.25, -0.2) is 8.42 Å². The molecule has 0 saturated heterocycles. The van der Waals surface area contributed by atoms with Crippen molar-refractivity contribution in [2.45, 2.75) is 18.7 Å². The van der Waals surface area contributed by atoms with Crippen LogP contribution >= 0.6 is 0 Å². The van der Waals surface area contributed by atoms with Crippen LogP contribution < -0.4 is 4.31 Å². The van der Waals surface area contributed by atoms with E-state index in [2.05, 4.69) is 0 Å². The number of amides is 1. The zero-order valence-electron chi connectivity index (χ0n) is 15.8. The van der Waals surface area contributed by atoms with E-state index in [1.54, 1.807) is 30.3 Å². The highest BCUT2D eigenvalue weighted by molar-refractivity contribution is 7.93. The predicted molar refractivity (Wildman–Crippen MR) is 109 cm³/mol. The van der Waals surface area contributed by atoms with Crippen LogP contribution in [-0.4, -0.2) is 19.2 Å². The van der Waals surface area contributed by atoms with Crippen molar-refractivity contribution >= 4 is 27.3 Å². The zero-order chi connectivity index (χ0) is 21.2. The summed E-state index contributed by atoms with van der Waals surface area (Å²) in [5.41, 5.74) is 0.833. The average molecular weight is 410 g/mol. The van der Waals surface area contributed by atoms with Crippen molar-refractivity contribution in [3.8, 4) is 0 Å². The molecule has 0 fully saturated rings. The van der Waals surface area contributed by atoms with E-state index in [4.69, 9.17) is 0 Å². The lowest BCUT2D eigenvalue weighted by atomic mass is 10.1. The lowest BCUT2D eigenvalue weighted by Crippen LogP contribution is -2.37. The minimum absolute atomic E-state index is 0.0562. The third-order valence-electron chi connectivity index (χ3n) is 4.47. The van der Waals surface area contributed by atoms with E-state index >= 15 is 0 Å². The molecule has 0 N–H and O–H groups in total. The van der Waals surface area contributed by atoms with Crippen LogP contribution in [0.15, 0.2) is 77.7 Å². The number of hydrogen-bond donors (Lipinski definition) is 0. The Morgan fingerprint density at radius 1 is 0.897 bits per heavy atom. The first-order valence-corrected chi connectivity index (χ1v) is 10.1. The van der Waals surface area contributed by atoms with Crippen LogP contribution in [0.5, 0.6) is 0 Å². The summed E-state index contributed by atoms with van der Waals surface area (Å²) in [5.74, 6) is -0.862. The largest absolute Gasteiger partial charge is 0.273 e. The maximum absolute atomic E-state index is 13.4. The molecule has 0 aliphatic carbocycles. The van der Waals surface area contributed by atoms with Gasteiger partial charge in [0.05, 0.1) is 21.1 Å². The van der Waals surface area contributed by atoms with Crippen LogP contribution in [0, 0.1) is 24.0 Å². The fourth-order valence-electron chi connectivity index (χ4n) is 2.91. The van der Waals surface area contributed by atoms with Crippen molar-refractivity contribution in [3.63, 3.8) is 0 Å². The first-order chi connectivity index (χ1) is 13.7. The number of hydrogen-bond acceptors (Lipinski definition) is 5. The number of carbonyl (C=O) groups excluding carboxylic acids is 1. The third-order valence-corrected chi connectivity index (χ3v) is 6.19. The van der Waals surface area contributed by atoms with Crippen LogP contribution in [0.2, 0.25) is 0 Å². The molecule has 0 spiro atoms. The van der Waals surface area contributed by atoms with Gasteiger partial charge in [-0.05, 0) is 44.2 Å². The molecule has 8 heteroatoms. The first-order valence-electron chi connectivity index (χ1n) is 8.69. The Kier molecular flexibility index (Phi) is 5.47. The van der Waals surface area contributed by atoms with E-state index in [1.807, 2.05) is 6.92 Å². The van der Waals surface area contributed by atoms with Gasteiger partial charge in [0.1, 0.15) is 0 Å². The van der Waals surface area contributed by atoms with Crippen LogP contribution in [0.1, 0.15) is 21.5 Å². The second-order valence-corrected chi connectivity index (χ2v) is 8.22. The van der Waals surface area contributed by atoms with E-state index in [0.29, 0.717) is 4.31 Å². The number of rotatable bonds is 5. The summed E-state index contributed by atoms with van der Waals surface area (Å²) in [4.78, 5) is 24.0. The van der Waals surface area contributed by atoms with Crippen molar-refractivity contribution in [1.29, 1.82) is 0 Å². The van der Waals surface area contributed by atoms with E-state index in [-0.39, 0.29) is 27.4 Å². The molecular formula is C21H18N2O5S. The van der Waals surface area contributed by atoms with Crippen LogP contribution in [0.25, 0.3) is 0 Å². The lowest BCUT2D eigenvalue weighted by Gasteiger charge is -2.23. The summed E-state index contributed by atoms with van der Waals surface area (Å²) in [6, 6.07) is 18.0. The minimum atomic E-state index is -4.25. The SMILES string of the molecule is Cc1ccc(N(C(=O)c2cccc([N+](=O)[O-])c2C)S(=O)(=O)c2ccccc2)cc1. The average Bonchev–Trinajstić information content (AvgIpc) is 2.70. The summed E-state index contributed by atoms with van der Waals surface area (Å²) in [7, 11) is -4.25. The van der Waals surface area contributed by atoms with Gasteiger partial charge >= 0.3 is 0 Å². The van der Waals surface area contributed by atoms with Crippen molar-refractivity contribution in [1.82, 2.24) is 0 Å². The molecule has 3 rings (SSSR count). The molecule has 0 bridgehead atoms. The number of benzene rings is 3. The molecule has 0 heterocycles. The number of nitrogens with zero attached hydrogens (tertiary/aromatic N) is 2. The van der Waals surface area contributed by atoms with Crippen molar-refractivity contribution in [2.75, 3.05) is 4.31 Å². The van der Waals surface area contributed by atoms with Gasteiger partial charge in [0, 0.05) is 11.6 Å².